The van der Waals surface area contributed by atoms with Crippen LogP contribution in [0.15, 0.2) is 42.1 Å². The van der Waals surface area contributed by atoms with Crippen LogP contribution >= 0.6 is 0 Å². The molecule has 1 heteroatoms. The van der Waals surface area contributed by atoms with Gasteiger partial charge in [-0.25, -0.2) is 0 Å². The highest BCUT2D eigenvalue weighted by atomic mass is 15.3. The third-order valence-corrected chi connectivity index (χ3v) is 7.57. The zero-order valence-electron chi connectivity index (χ0n) is 16.1. The minimum Gasteiger partial charge on any atom is -0.358 e. The Hall–Kier alpha value is -1.50. The number of benzene rings is 1. The Morgan fingerprint density at radius 3 is 2.38 bits per heavy atom. The topological polar surface area (TPSA) is 3.24 Å². The van der Waals surface area contributed by atoms with Gasteiger partial charge in [0.2, 0.25) is 0 Å². The molecule has 3 aliphatic rings. The number of rotatable bonds is 3. The second kappa shape index (κ2) is 4.77. The third kappa shape index (κ3) is 1.48. The minimum absolute atomic E-state index is 0.0157. The lowest BCUT2D eigenvalue weighted by molar-refractivity contribution is 0.00326. The molecule has 2 unspecified atom stereocenters. The molecule has 0 saturated heterocycles. The molecule has 1 aliphatic carbocycles. The van der Waals surface area contributed by atoms with Crippen molar-refractivity contribution in [1.82, 2.24) is 4.90 Å². The molecule has 0 N–H and O–H groups in total. The molecular weight excluding hydrogens is 290 g/mol. The van der Waals surface area contributed by atoms with Crippen molar-refractivity contribution in [2.75, 3.05) is 0 Å². The van der Waals surface area contributed by atoms with Crippen molar-refractivity contribution in [3.05, 3.63) is 58.8 Å². The molecule has 1 aromatic carbocycles. The van der Waals surface area contributed by atoms with Crippen LogP contribution in [0.3, 0.4) is 0 Å². The van der Waals surface area contributed by atoms with Gasteiger partial charge in [-0.2, -0.15) is 0 Å². The van der Waals surface area contributed by atoms with E-state index in [1.165, 1.54) is 19.3 Å². The quantitative estimate of drug-likeness (QED) is 0.658. The predicted octanol–water partition coefficient (Wildman–Crippen LogP) is 6.01. The Morgan fingerprint density at radius 1 is 1.04 bits per heavy atom. The molecule has 0 spiro atoms. The highest BCUT2D eigenvalue weighted by Gasteiger charge is 2.61. The molecule has 24 heavy (non-hydrogen) atoms. The van der Waals surface area contributed by atoms with Crippen molar-refractivity contribution in [3.63, 3.8) is 0 Å². The third-order valence-electron chi connectivity index (χ3n) is 7.57. The first-order valence-corrected chi connectivity index (χ1v) is 9.72. The zero-order chi connectivity index (χ0) is 17.3. The second-order valence-electron chi connectivity index (χ2n) is 8.53. The minimum atomic E-state index is 0.0157. The van der Waals surface area contributed by atoms with Crippen LogP contribution in [0.25, 0.3) is 0 Å². The molecule has 128 valence electrons. The van der Waals surface area contributed by atoms with E-state index in [-0.39, 0.29) is 16.5 Å². The van der Waals surface area contributed by atoms with Crippen molar-refractivity contribution < 1.29 is 0 Å². The van der Waals surface area contributed by atoms with Gasteiger partial charge in [-0.15, -0.1) is 0 Å². The summed E-state index contributed by atoms with van der Waals surface area (Å²) in [6, 6.07) is 7.10. The number of nitrogens with zero attached hydrogens (tertiary/aromatic N) is 1. The smallest absolute Gasteiger partial charge is 0.0856 e. The number of allylic oxidation sites excluding steroid dienone is 2. The average molecular weight is 322 g/mol. The van der Waals surface area contributed by atoms with Crippen LogP contribution in [-0.2, 0) is 11.0 Å². The summed E-state index contributed by atoms with van der Waals surface area (Å²) in [5.74, 6) is 0.605. The van der Waals surface area contributed by atoms with E-state index >= 15 is 0 Å². The summed E-state index contributed by atoms with van der Waals surface area (Å²) in [5, 5.41) is 0. The summed E-state index contributed by atoms with van der Waals surface area (Å²) in [5.41, 5.74) is 6.67. The van der Waals surface area contributed by atoms with E-state index in [1.807, 2.05) is 0 Å². The van der Waals surface area contributed by atoms with Gasteiger partial charge < -0.3 is 4.90 Å². The number of hydrogen-bond donors (Lipinski definition) is 0. The Morgan fingerprint density at radius 2 is 1.75 bits per heavy atom. The maximum absolute atomic E-state index is 2.75. The van der Waals surface area contributed by atoms with Crippen LogP contribution in [0.1, 0.15) is 83.4 Å². The van der Waals surface area contributed by atoms with Gasteiger partial charge in [0.05, 0.1) is 5.54 Å². The van der Waals surface area contributed by atoms with E-state index in [4.69, 9.17) is 0 Å². The maximum Gasteiger partial charge on any atom is 0.0856 e. The van der Waals surface area contributed by atoms with Crippen LogP contribution < -0.4 is 0 Å². The fourth-order valence-electron chi connectivity index (χ4n) is 6.54. The normalized spacial score (nSPS) is 31.0. The lowest BCUT2D eigenvalue weighted by Crippen LogP contribution is -2.62. The lowest BCUT2D eigenvalue weighted by atomic mass is 9.63. The number of hydrogen-bond acceptors (Lipinski definition) is 1. The Labute approximate surface area is 147 Å². The fourth-order valence-corrected chi connectivity index (χ4v) is 6.54. The molecule has 1 aromatic rings. The molecule has 0 fully saturated rings. The average Bonchev–Trinajstić information content (AvgIpc) is 2.77. The SMILES string of the molecule is CCC1c2cccc3c2C2(C)C(=CC=CN2C1(CC)CC)C3(C)C. The molecule has 0 aromatic heterocycles. The van der Waals surface area contributed by atoms with E-state index in [1.54, 1.807) is 22.3 Å². The van der Waals surface area contributed by atoms with Crippen LogP contribution in [-0.4, -0.2) is 10.4 Å². The van der Waals surface area contributed by atoms with E-state index in [2.05, 4.69) is 83.0 Å². The standard InChI is InChI=1S/C23H31N/c1-7-17-16-12-10-13-18-20(16)22(6)19(21(18,4)5)14-11-15-24(22)23(17,8-2)9-3/h10-15,17H,7-9H2,1-6H3. The van der Waals surface area contributed by atoms with E-state index in [0.29, 0.717) is 5.92 Å². The molecule has 0 bridgehead atoms. The van der Waals surface area contributed by atoms with Gasteiger partial charge in [-0.1, -0.05) is 58.9 Å². The molecule has 0 radical (unpaired) electrons. The summed E-state index contributed by atoms with van der Waals surface area (Å²) in [4.78, 5) is 2.75. The zero-order valence-corrected chi connectivity index (χ0v) is 16.1. The first-order valence-electron chi connectivity index (χ1n) is 9.72. The van der Waals surface area contributed by atoms with Crippen molar-refractivity contribution in [1.29, 1.82) is 0 Å². The second-order valence-corrected chi connectivity index (χ2v) is 8.53. The van der Waals surface area contributed by atoms with E-state index in [0.717, 1.165) is 0 Å². The van der Waals surface area contributed by atoms with Crippen molar-refractivity contribution in [3.8, 4) is 0 Å². The summed E-state index contributed by atoms with van der Waals surface area (Å²) in [6.07, 6.45) is 10.7. The Balaban J connectivity index is 2.14. The largest absolute Gasteiger partial charge is 0.358 e. The summed E-state index contributed by atoms with van der Waals surface area (Å²) < 4.78 is 0. The van der Waals surface area contributed by atoms with Gasteiger partial charge in [0, 0.05) is 23.1 Å². The summed E-state index contributed by atoms with van der Waals surface area (Å²) in [6.45, 7) is 14.4. The fraction of sp³-hybridized carbons (Fsp3) is 0.565. The van der Waals surface area contributed by atoms with Gasteiger partial charge >= 0.3 is 0 Å². The van der Waals surface area contributed by atoms with Gasteiger partial charge in [0.1, 0.15) is 0 Å². The first kappa shape index (κ1) is 16.0. The molecule has 4 rings (SSSR count). The van der Waals surface area contributed by atoms with Gasteiger partial charge in [-0.05, 0) is 54.5 Å². The van der Waals surface area contributed by atoms with Crippen molar-refractivity contribution in [2.24, 2.45) is 0 Å². The van der Waals surface area contributed by atoms with Gasteiger partial charge in [0.15, 0.2) is 0 Å². The highest BCUT2D eigenvalue weighted by molar-refractivity contribution is 5.65. The summed E-state index contributed by atoms with van der Waals surface area (Å²) in [7, 11) is 0. The van der Waals surface area contributed by atoms with Gasteiger partial charge in [-0.3, -0.25) is 0 Å². The molecule has 0 amide bonds. The molecule has 0 saturated carbocycles. The highest BCUT2D eigenvalue weighted by Crippen LogP contribution is 2.65. The van der Waals surface area contributed by atoms with Gasteiger partial charge in [0.25, 0.3) is 0 Å². The van der Waals surface area contributed by atoms with Crippen LogP contribution in [0.4, 0.5) is 0 Å². The molecule has 2 atom stereocenters. The van der Waals surface area contributed by atoms with E-state index in [9.17, 15) is 0 Å². The molecule has 2 heterocycles. The Kier molecular flexibility index (Phi) is 3.18. The molecule has 2 aliphatic heterocycles. The molecular formula is C23H31N. The summed E-state index contributed by atoms with van der Waals surface area (Å²) >= 11 is 0. The van der Waals surface area contributed by atoms with Crippen molar-refractivity contribution >= 4 is 0 Å². The maximum atomic E-state index is 2.75. The van der Waals surface area contributed by atoms with Crippen molar-refractivity contribution in [2.45, 2.75) is 83.2 Å². The van der Waals surface area contributed by atoms with E-state index < -0.39 is 0 Å². The van der Waals surface area contributed by atoms with Crippen LogP contribution in [0.2, 0.25) is 0 Å². The Bertz CT molecular complexity index is 747. The first-order chi connectivity index (χ1) is 11.4. The predicted molar refractivity (Wildman–Crippen MR) is 102 cm³/mol. The van der Waals surface area contributed by atoms with Crippen LogP contribution in [0.5, 0.6) is 0 Å². The van der Waals surface area contributed by atoms with Crippen LogP contribution in [0, 0.1) is 0 Å². The molecule has 1 nitrogen and oxygen atoms in total. The lowest BCUT2D eigenvalue weighted by Gasteiger charge is -2.61. The monoisotopic (exact) mass is 321 g/mol.